The van der Waals surface area contributed by atoms with Gasteiger partial charge in [0.25, 0.3) is 0 Å². The molecule has 2 N–H and O–H groups in total. The first-order valence-electron chi connectivity index (χ1n) is 9.18. The molecule has 3 aliphatic rings. The third-order valence-corrected chi connectivity index (χ3v) is 6.16. The van der Waals surface area contributed by atoms with Gasteiger partial charge in [0, 0.05) is 28.9 Å². The van der Waals surface area contributed by atoms with Crippen LogP contribution in [-0.4, -0.2) is 33.2 Å². The fourth-order valence-corrected chi connectivity index (χ4v) is 4.53. The van der Waals surface area contributed by atoms with Crippen LogP contribution in [0.15, 0.2) is 12.1 Å². The number of esters is 1. The number of anilines is 2. The molecule has 5 rings (SSSR count). The Kier molecular flexibility index (Phi) is 3.97. The van der Waals surface area contributed by atoms with E-state index in [1.165, 1.54) is 7.11 Å². The quantitative estimate of drug-likeness (QED) is 0.817. The van der Waals surface area contributed by atoms with Crippen LogP contribution in [0.1, 0.15) is 55.7 Å². The van der Waals surface area contributed by atoms with E-state index in [1.807, 2.05) is 26.0 Å². The van der Waals surface area contributed by atoms with Crippen molar-refractivity contribution in [1.82, 2.24) is 20.2 Å². The Balaban J connectivity index is 1.60. The van der Waals surface area contributed by atoms with Crippen molar-refractivity contribution in [2.75, 3.05) is 12.4 Å². The SMILES string of the molecule is COC(=O)C12CCC(c3nc(C)cc(Nc4cc(C)[nH]n4)n3)(CC1)CC2. The zero-order chi connectivity index (χ0) is 18.4. The molecule has 7 nitrogen and oxygen atoms in total. The summed E-state index contributed by atoms with van der Waals surface area (Å²) in [7, 11) is 1.49. The summed E-state index contributed by atoms with van der Waals surface area (Å²) in [5.41, 5.74) is 1.62. The van der Waals surface area contributed by atoms with Crippen molar-refractivity contribution in [2.45, 2.75) is 57.8 Å². The van der Waals surface area contributed by atoms with E-state index in [9.17, 15) is 4.79 Å². The first-order chi connectivity index (χ1) is 12.4. The van der Waals surface area contributed by atoms with E-state index < -0.39 is 0 Å². The molecule has 0 unspecified atom stereocenters. The van der Waals surface area contributed by atoms with E-state index in [1.54, 1.807) is 0 Å². The number of aromatic amines is 1. The molecule has 0 saturated heterocycles. The van der Waals surface area contributed by atoms with Crippen molar-refractivity contribution in [2.24, 2.45) is 5.41 Å². The number of nitrogens with zero attached hydrogens (tertiary/aromatic N) is 3. The monoisotopic (exact) mass is 355 g/mol. The fourth-order valence-electron chi connectivity index (χ4n) is 4.53. The molecule has 0 radical (unpaired) electrons. The van der Waals surface area contributed by atoms with Crippen molar-refractivity contribution in [1.29, 1.82) is 0 Å². The lowest BCUT2D eigenvalue weighted by molar-refractivity contribution is -0.160. The molecule has 2 aromatic heterocycles. The number of rotatable bonds is 4. The van der Waals surface area contributed by atoms with Gasteiger partial charge < -0.3 is 10.1 Å². The predicted octanol–water partition coefficient (Wildman–Crippen LogP) is 3.33. The Morgan fingerprint density at radius 1 is 1.08 bits per heavy atom. The van der Waals surface area contributed by atoms with Crippen LogP contribution < -0.4 is 5.32 Å². The highest BCUT2D eigenvalue weighted by Gasteiger charge is 2.54. The lowest BCUT2D eigenvalue weighted by Gasteiger charge is -2.50. The number of carbonyl (C=O) groups excluding carboxylic acids is 1. The van der Waals surface area contributed by atoms with Gasteiger partial charge in [0.1, 0.15) is 11.6 Å². The zero-order valence-electron chi connectivity index (χ0n) is 15.6. The van der Waals surface area contributed by atoms with Crippen molar-refractivity contribution >= 4 is 17.6 Å². The maximum Gasteiger partial charge on any atom is 0.311 e. The van der Waals surface area contributed by atoms with Crippen LogP contribution in [0.2, 0.25) is 0 Å². The molecule has 0 aliphatic heterocycles. The Hall–Kier alpha value is -2.44. The van der Waals surface area contributed by atoms with E-state index >= 15 is 0 Å². The minimum Gasteiger partial charge on any atom is -0.469 e. The molecule has 0 atom stereocenters. The fraction of sp³-hybridized carbons (Fsp3) is 0.579. The second kappa shape index (κ2) is 6.07. The van der Waals surface area contributed by atoms with Crippen LogP contribution >= 0.6 is 0 Å². The summed E-state index contributed by atoms with van der Waals surface area (Å²) in [5, 5.41) is 10.4. The second-order valence-corrected chi connectivity index (χ2v) is 7.83. The minimum atomic E-state index is -0.284. The largest absolute Gasteiger partial charge is 0.469 e. The number of aryl methyl sites for hydroxylation is 2. The molecule has 0 amide bonds. The minimum absolute atomic E-state index is 0.0281. The highest BCUT2D eigenvalue weighted by atomic mass is 16.5. The lowest BCUT2D eigenvalue weighted by atomic mass is 9.53. The number of hydrogen-bond donors (Lipinski definition) is 2. The molecule has 3 fully saturated rings. The summed E-state index contributed by atoms with van der Waals surface area (Å²) in [6.07, 6.45) is 5.39. The van der Waals surface area contributed by atoms with Crippen LogP contribution in [0, 0.1) is 19.3 Å². The number of hydrogen-bond acceptors (Lipinski definition) is 6. The van der Waals surface area contributed by atoms with Gasteiger partial charge in [-0.05, 0) is 52.4 Å². The third kappa shape index (κ3) is 2.75. The molecule has 0 aromatic carbocycles. The average Bonchev–Trinajstić information content (AvgIpc) is 3.06. The van der Waals surface area contributed by atoms with Gasteiger partial charge in [-0.3, -0.25) is 9.89 Å². The van der Waals surface area contributed by atoms with E-state index in [2.05, 4.69) is 15.5 Å². The number of H-pyrrole nitrogens is 1. The smallest absolute Gasteiger partial charge is 0.311 e. The normalized spacial score (nSPS) is 27.3. The topological polar surface area (TPSA) is 92.8 Å². The van der Waals surface area contributed by atoms with Gasteiger partial charge in [-0.2, -0.15) is 5.10 Å². The van der Waals surface area contributed by atoms with Crippen LogP contribution in [0.25, 0.3) is 0 Å². The summed E-state index contributed by atoms with van der Waals surface area (Å²) in [4.78, 5) is 21.8. The highest BCUT2D eigenvalue weighted by molar-refractivity contribution is 5.77. The molecule has 2 bridgehead atoms. The molecule has 138 valence electrons. The Morgan fingerprint density at radius 3 is 2.35 bits per heavy atom. The van der Waals surface area contributed by atoms with Gasteiger partial charge in [-0.25, -0.2) is 9.97 Å². The highest BCUT2D eigenvalue weighted by Crippen LogP contribution is 2.57. The standard InChI is InChI=1S/C19H25N5O2/c1-12-10-14(21-15-11-13(2)23-24-15)22-16(20-12)18-4-7-19(8-5-18,9-6-18)17(25)26-3/h10-11H,4-9H2,1-3H3,(H2,20,21,22,23,24). The summed E-state index contributed by atoms with van der Waals surface area (Å²) in [6, 6.07) is 3.88. The van der Waals surface area contributed by atoms with Gasteiger partial charge in [-0.15, -0.1) is 0 Å². The Labute approximate surface area is 153 Å². The van der Waals surface area contributed by atoms with Crippen LogP contribution in [0.4, 0.5) is 11.6 Å². The van der Waals surface area contributed by atoms with Gasteiger partial charge in [-0.1, -0.05) is 0 Å². The maximum atomic E-state index is 12.2. The third-order valence-electron chi connectivity index (χ3n) is 6.16. The predicted molar refractivity (Wildman–Crippen MR) is 97.2 cm³/mol. The average molecular weight is 355 g/mol. The van der Waals surface area contributed by atoms with E-state index in [0.717, 1.165) is 67.4 Å². The number of ether oxygens (including phenoxy) is 1. The molecule has 2 aromatic rings. The first-order valence-corrected chi connectivity index (χ1v) is 9.18. The molecule has 3 saturated carbocycles. The van der Waals surface area contributed by atoms with Crippen molar-refractivity contribution < 1.29 is 9.53 Å². The van der Waals surface area contributed by atoms with Crippen molar-refractivity contribution in [3.05, 3.63) is 29.3 Å². The molecule has 3 aliphatic carbocycles. The van der Waals surface area contributed by atoms with Crippen LogP contribution in [-0.2, 0) is 14.9 Å². The number of aromatic nitrogens is 4. The molecular formula is C19H25N5O2. The Bertz CT molecular complexity index is 820. The lowest BCUT2D eigenvalue weighted by Crippen LogP contribution is -2.49. The molecule has 26 heavy (non-hydrogen) atoms. The summed E-state index contributed by atoms with van der Waals surface area (Å²) in [5.74, 6) is 2.36. The first kappa shape index (κ1) is 17.0. The molecule has 2 heterocycles. The number of nitrogens with one attached hydrogen (secondary N) is 2. The summed E-state index contributed by atoms with van der Waals surface area (Å²) >= 11 is 0. The van der Waals surface area contributed by atoms with Gasteiger partial charge >= 0.3 is 5.97 Å². The number of fused-ring (bicyclic) bond motifs is 3. The zero-order valence-corrected chi connectivity index (χ0v) is 15.6. The van der Waals surface area contributed by atoms with Gasteiger partial charge in [0.2, 0.25) is 0 Å². The maximum absolute atomic E-state index is 12.2. The van der Waals surface area contributed by atoms with Gasteiger partial charge in [0.05, 0.1) is 12.5 Å². The molecule has 7 heteroatoms. The van der Waals surface area contributed by atoms with Gasteiger partial charge in [0.15, 0.2) is 5.82 Å². The molecular weight excluding hydrogens is 330 g/mol. The number of carbonyl (C=O) groups is 1. The van der Waals surface area contributed by atoms with E-state index in [4.69, 9.17) is 14.7 Å². The second-order valence-electron chi connectivity index (χ2n) is 7.83. The number of methoxy groups -OCH3 is 1. The summed E-state index contributed by atoms with van der Waals surface area (Å²) in [6.45, 7) is 3.96. The van der Waals surface area contributed by atoms with E-state index in [0.29, 0.717) is 0 Å². The van der Waals surface area contributed by atoms with E-state index in [-0.39, 0.29) is 16.8 Å². The Morgan fingerprint density at radius 2 is 1.77 bits per heavy atom. The van der Waals surface area contributed by atoms with Crippen LogP contribution in [0.5, 0.6) is 0 Å². The van der Waals surface area contributed by atoms with Crippen molar-refractivity contribution in [3.8, 4) is 0 Å². The summed E-state index contributed by atoms with van der Waals surface area (Å²) < 4.78 is 5.06. The van der Waals surface area contributed by atoms with Crippen molar-refractivity contribution in [3.63, 3.8) is 0 Å². The van der Waals surface area contributed by atoms with Crippen LogP contribution in [0.3, 0.4) is 0 Å². The molecule has 0 spiro atoms.